The van der Waals surface area contributed by atoms with Crippen molar-refractivity contribution < 1.29 is 9.59 Å². The molecule has 2 heteroatoms. The lowest BCUT2D eigenvalue weighted by molar-refractivity contribution is -0.105. The highest BCUT2D eigenvalue weighted by atomic mass is 16.1. The maximum Gasteiger partial charge on any atom is 0.149 e. The smallest absolute Gasteiger partial charge is 0.149 e. The second kappa shape index (κ2) is 7.12. The van der Waals surface area contributed by atoms with Crippen molar-refractivity contribution in [2.75, 3.05) is 0 Å². The van der Waals surface area contributed by atoms with E-state index < -0.39 is 0 Å². The molecular weight excluding hydrogens is 200 g/mol. The second-order valence-corrected chi connectivity index (χ2v) is 3.10. The molecule has 0 N–H and O–H groups in total. The Bertz CT molecular complexity index is 366. The van der Waals surface area contributed by atoms with E-state index in [1.807, 2.05) is 0 Å². The van der Waals surface area contributed by atoms with Crippen molar-refractivity contribution in [2.24, 2.45) is 0 Å². The Kier molecular flexibility index (Phi) is 6.13. The van der Waals surface area contributed by atoms with Crippen LogP contribution in [-0.2, 0) is 9.59 Å². The van der Waals surface area contributed by atoms with Crippen molar-refractivity contribution in [3.05, 3.63) is 72.9 Å². The summed E-state index contributed by atoms with van der Waals surface area (Å²) < 4.78 is 0. The standard InChI is InChI=1S/C14H14O2/c1-11(9-15)5-7-13(3)14(4)8-6-12(2)10-16/h5-10H,1-4H2/b7-5-,8-6-. The summed E-state index contributed by atoms with van der Waals surface area (Å²) in [4.78, 5) is 20.5. The summed E-state index contributed by atoms with van der Waals surface area (Å²) >= 11 is 0. The molecule has 0 aliphatic heterocycles. The predicted octanol–water partition coefficient (Wildman–Crippen LogP) is 2.72. The molecule has 0 saturated heterocycles. The lowest BCUT2D eigenvalue weighted by Crippen LogP contribution is -1.81. The summed E-state index contributed by atoms with van der Waals surface area (Å²) in [7, 11) is 0. The number of hydrogen-bond donors (Lipinski definition) is 0. The van der Waals surface area contributed by atoms with Crippen molar-refractivity contribution >= 4 is 12.6 Å². The molecule has 0 radical (unpaired) electrons. The highest BCUT2D eigenvalue weighted by Gasteiger charge is 1.92. The first-order chi connectivity index (χ1) is 7.51. The van der Waals surface area contributed by atoms with Crippen LogP contribution in [0.5, 0.6) is 0 Å². The molecule has 0 unspecified atom stereocenters. The van der Waals surface area contributed by atoms with Crippen molar-refractivity contribution in [3.63, 3.8) is 0 Å². The highest BCUT2D eigenvalue weighted by molar-refractivity contribution is 5.77. The largest absolute Gasteiger partial charge is 0.298 e. The fourth-order valence-corrected chi connectivity index (χ4v) is 0.708. The van der Waals surface area contributed by atoms with E-state index in [2.05, 4.69) is 26.3 Å². The van der Waals surface area contributed by atoms with Crippen LogP contribution in [0.2, 0.25) is 0 Å². The van der Waals surface area contributed by atoms with Gasteiger partial charge in [0.25, 0.3) is 0 Å². The van der Waals surface area contributed by atoms with Crippen LogP contribution in [0.25, 0.3) is 0 Å². The summed E-state index contributed by atoms with van der Waals surface area (Å²) in [6, 6.07) is 0. The summed E-state index contributed by atoms with van der Waals surface area (Å²) in [5, 5.41) is 0. The third-order valence-electron chi connectivity index (χ3n) is 1.71. The molecule has 0 aromatic rings. The minimum Gasteiger partial charge on any atom is -0.298 e. The maximum atomic E-state index is 10.3. The molecule has 0 spiro atoms. The van der Waals surface area contributed by atoms with Gasteiger partial charge in [-0.25, -0.2) is 0 Å². The van der Waals surface area contributed by atoms with Crippen molar-refractivity contribution in [1.29, 1.82) is 0 Å². The lowest BCUT2D eigenvalue weighted by Gasteiger charge is -1.98. The third-order valence-corrected chi connectivity index (χ3v) is 1.71. The average molecular weight is 214 g/mol. The molecule has 0 aliphatic carbocycles. The van der Waals surface area contributed by atoms with Crippen molar-refractivity contribution in [3.8, 4) is 0 Å². The van der Waals surface area contributed by atoms with Gasteiger partial charge in [-0.3, -0.25) is 9.59 Å². The fourth-order valence-electron chi connectivity index (χ4n) is 0.708. The van der Waals surface area contributed by atoms with Gasteiger partial charge in [-0.15, -0.1) is 0 Å². The van der Waals surface area contributed by atoms with E-state index in [4.69, 9.17) is 0 Å². The van der Waals surface area contributed by atoms with Crippen LogP contribution in [0.4, 0.5) is 0 Å². The molecular formula is C14H14O2. The van der Waals surface area contributed by atoms with E-state index in [-0.39, 0.29) is 0 Å². The Balaban J connectivity index is 4.47. The van der Waals surface area contributed by atoms with E-state index in [1.165, 1.54) is 0 Å². The number of carbonyl (C=O) groups is 2. The van der Waals surface area contributed by atoms with Crippen LogP contribution in [0, 0.1) is 0 Å². The molecule has 2 nitrogen and oxygen atoms in total. The first kappa shape index (κ1) is 13.8. The van der Waals surface area contributed by atoms with Gasteiger partial charge in [0.1, 0.15) is 12.6 Å². The zero-order valence-corrected chi connectivity index (χ0v) is 9.11. The van der Waals surface area contributed by atoms with Gasteiger partial charge < -0.3 is 0 Å². The molecule has 0 amide bonds. The summed E-state index contributed by atoms with van der Waals surface area (Å²) in [5.74, 6) is 0. The quantitative estimate of drug-likeness (QED) is 0.371. The minimum atomic E-state index is 0.357. The van der Waals surface area contributed by atoms with Gasteiger partial charge in [-0.1, -0.05) is 50.6 Å². The Morgan fingerprint density at radius 3 is 1.19 bits per heavy atom. The van der Waals surface area contributed by atoms with Crippen LogP contribution in [0.1, 0.15) is 0 Å². The Hall–Kier alpha value is -2.22. The Labute approximate surface area is 95.7 Å². The van der Waals surface area contributed by atoms with E-state index >= 15 is 0 Å². The molecule has 0 aliphatic rings. The Morgan fingerprint density at radius 1 is 0.625 bits per heavy atom. The second-order valence-electron chi connectivity index (χ2n) is 3.10. The molecule has 0 bridgehead atoms. The number of hydrogen-bond acceptors (Lipinski definition) is 2. The third kappa shape index (κ3) is 5.50. The summed E-state index contributed by atoms with van der Waals surface area (Å²) in [6.07, 6.45) is 7.65. The molecule has 0 heterocycles. The number of allylic oxidation sites excluding steroid dienone is 8. The zero-order chi connectivity index (χ0) is 12.6. The SMILES string of the molecule is C=C(C=O)/C=C\C(=C)C(=C)/C=C\C(=C)C=O. The van der Waals surface area contributed by atoms with Crippen LogP contribution in [0.15, 0.2) is 72.9 Å². The Morgan fingerprint density at radius 2 is 0.938 bits per heavy atom. The van der Waals surface area contributed by atoms with Crippen LogP contribution in [-0.4, -0.2) is 12.6 Å². The normalized spacial score (nSPS) is 10.2. The molecule has 0 rings (SSSR count). The minimum absolute atomic E-state index is 0.357. The molecule has 0 aromatic heterocycles. The number of carbonyl (C=O) groups excluding carboxylic acids is 2. The fraction of sp³-hybridized carbons (Fsp3) is 0. The molecule has 16 heavy (non-hydrogen) atoms. The van der Waals surface area contributed by atoms with E-state index in [9.17, 15) is 9.59 Å². The first-order valence-electron chi connectivity index (χ1n) is 4.53. The number of aldehydes is 2. The van der Waals surface area contributed by atoms with Crippen molar-refractivity contribution in [1.82, 2.24) is 0 Å². The van der Waals surface area contributed by atoms with Gasteiger partial charge in [0.15, 0.2) is 0 Å². The van der Waals surface area contributed by atoms with E-state index in [0.29, 0.717) is 34.9 Å². The van der Waals surface area contributed by atoms with Crippen molar-refractivity contribution in [2.45, 2.75) is 0 Å². The molecule has 82 valence electrons. The zero-order valence-electron chi connectivity index (χ0n) is 9.11. The first-order valence-corrected chi connectivity index (χ1v) is 4.53. The topological polar surface area (TPSA) is 34.1 Å². The van der Waals surface area contributed by atoms with E-state index in [0.717, 1.165) is 0 Å². The molecule has 0 fully saturated rings. The van der Waals surface area contributed by atoms with Crippen LogP contribution < -0.4 is 0 Å². The van der Waals surface area contributed by atoms with Gasteiger partial charge in [0, 0.05) is 11.1 Å². The van der Waals surface area contributed by atoms with Crippen LogP contribution >= 0.6 is 0 Å². The monoisotopic (exact) mass is 214 g/mol. The van der Waals surface area contributed by atoms with Gasteiger partial charge in [-0.2, -0.15) is 0 Å². The van der Waals surface area contributed by atoms with E-state index in [1.54, 1.807) is 24.3 Å². The van der Waals surface area contributed by atoms with Gasteiger partial charge in [-0.05, 0) is 11.1 Å². The maximum absolute atomic E-state index is 10.3. The predicted molar refractivity (Wildman–Crippen MR) is 67.0 cm³/mol. The van der Waals surface area contributed by atoms with Gasteiger partial charge in [0.05, 0.1) is 0 Å². The lowest BCUT2D eigenvalue weighted by atomic mass is 10.1. The number of rotatable bonds is 7. The summed E-state index contributed by atoms with van der Waals surface area (Å²) in [6.45, 7) is 14.5. The molecule has 0 saturated carbocycles. The summed E-state index contributed by atoms with van der Waals surface area (Å²) in [5.41, 5.74) is 1.99. The molecule has 0 atom stereocenters. The van der Waals surface area contributed by atoms with Crippen LogP contribution in [0.3, 0.4) is 0 Å². The molecule has 0 aromatic carbocycles. The van der Waals surface area contributed by atoms with Gasteiger partial charge in [0.2, 0.25) is 0 Å². The average Bonchev–Trinajstić information content (AvgIpc) is 2.31. The highest BCUT2D eigenvalue weighted by Crippen LogP contribution is 2.10. The van der Waals surface area contributed by atoms with Gasteiger partial charge >= 0.3 is 0 Å².